The van der Waals surface area contributed by atoms with Crippen LogP contribution in [0, 0.1) is 0 Å². The number of aromatic amines is 1. The first-order chi connectivity index (χ1) is 11.3. The quantitative estimate of drug-likeness (QED) is 0.592. The summed E-state index contributed by atoms with van der Waals surface area (Å²) >= 11 is 0. The molecule has 2 N–H and O–H groups in total. The van der Waals surface area contributed by atoms with Gasteiger partial charge in [0.15, 0.2) is 0 Å². The summed E-state index contributed by atoms with van der Waals surface area (Å²) in [5, 5.41) is 10.4. The van der Waals surface area contributed by atoms with Crippen LogP contribution in [0.25, 0.3) is 22.4 Å². The number of imidazole rings is 1. The minimum Gasteiger partial charge on any atom is -0.384 e. The van der Waals surface area contributed by atoms with E-state index in [1.54, 1.807) is 0 Å². The Labute approximate surface area is 134 Å². The van der Waals surface area contributed by atoms with Gasteiger partial charge < -0.3 is 10.1 Å². The largest absolute Gasteiger partial charge is 0.384 e. The van der Waals surface area contributed by atoms with Gasteiger partial charge in [-0.3, -0.25) is 0 Å². The van der Waals surface area contributed by atoms with Crippen LogP contribution in [0.5, 0.6) is 0 Å². The number of H-pyrrole nitrogens is 1. The highest BCUT2D eigenvalue weighted by Gasteiger charge is 2.11. The first-order valence-corrected chi connectivity index (χ1v) is 7.59. The van der Waals surface area contributed by atoms with Crippen LogP contribution in [0.1, 0.15) is 17.2 Å². The van der Waals surface area contributed by atoms with Gasteiger partial charge in [-0.15, -0.1) is 0 Å². The molecule has 4 rings (SSSR count). The zero-order valence-corrected chi connectivity index (χ0v) is 12.5. The number of aliphatic hydroxyl groups is 1. The molecule has 3 aromatic carbocycles. The molecule has 23 heavy (non-hydrogen) atoms. The Hall–Kier alpha value is -2.91. The number of hydrogen-bond acceptors (Lipinski definition) is 2. The lowest BCUT2D eigenvalue weighted by Gasteiger charge is -2.11. The number of hydrogen-bond donors (Lipinski definition) is 2. The molecule has 0 saturated carbocycles. The Kier molecular flexibility index (Phi) is 3.41. The zero-order chi connectivity index (χ0) is 15.6. The van der Waals surface area contributed by atoms with Crippen molar-refractivity contribution in [3.8, 4) is 11.4 Å². The van der Waals surface area contributed by atoms with Crippen LogP contribution in [-0.4, -0.2) is 15.1 Å². The summed E-state index contributed by atoms with van der Waals surface area (Å²) < 4.78 is 0. The minimum absolute atomic E-state index is 0.610. The lowest BCUT2D eigenvalue weighted by atomic mass is 10.0. The van der Waals surface area contributed by atoms with Crippen LogP contribution in [0.3, 0.4) is 0 Å². The van der Waals surface area contributed by atoms with Crippen molar-refractivity contribution in [2.24, 2.45) is 0 Å². The van der Waals surface area contributed by atoms with Crippen LogP contribution >= 0.6 is 0 Å². The van der Waals surface area contributed by atoms with E-state index in [4.69, 9.17) is 0 Å². The van der Waals surface area contributed by atoms with Gasteiger partial charge in [0, 0.05) is 5.56 Å². The third-order valence-corrected chi connectivity index (χ3v) is 4.00. The van der Waals surface area contributed by atoms with Crippen LogP contribution in [0.2, 0.25) is 0 Å². The van der Waals surface area contributed by atoms with Gasteiger partial charge in [0.25, 0.3) is 0 Å². The molecule has 0 aliphatic rings. The van der Waals surface area contributed by atoms with Gasteiger partial charge in [0.05, 0.1) is 11.0 Å². The highest BCUT2D eigenvalue weighted by molar-refractivity contribution is 5.79. The Bertz CT molecular complexity index is 894. The van der Waals surface area contributed by atoms with Crippen molar-refractivity contribution >= 4 is 11.0 Å². The number of aliphatic hydroxyl groups excluding tert-OH is 1. The van der Waals surface area contributed by atoms with Crippen molar-refractivity contribution < 1.29 is 5.11 Å². The van der Waals surface area contributed by atoms with Gasteiger partial charge in [0.1, 0.15) is 11.9 Å². The average molecular weight is 300 g/mol. The topological polar surface area (TPSA) is 48.9 Å². The fraction of sp³-hybridized carbons (Fsp3) is 0.0500. The second kappa shape index (κ2) is 5.71. The monoisotopic (exact) mass is 300 g/mol. The predicted octanol–water partition coefficient (Wildman–Crippen LogP) is 4.31. The van der Waals surface area contributed by atoms with Gasteiger partial charge in [-0.1, -0.05) is 66.7 Å². The lowest BCUT2D eigenvalue weighted by molar-refractivity contribution is 0.220. The smallest absolute Gasteiger partial charge is 0.138 e. The zero-order valence-electron chi connectivity index (χ0n) is 12.5. The van der Waals surface area contributed by atoms with Crippen molar-refractivity contribution in [2.45, 2.75) is 6.10 Å². The van der Waals surface area contributed by atoms with E-state index < -0.39 is 6.10 Å². The van der Waals surface area contributed by atoms with Crippen LogP contribution in [0.15, 0.2) is 78.9 Å². The molecule has 1 heterocycles. The minimum atomic E-state index is -0.610. The molecule has 0 radical (unpaired) electrons. The second-order valence-corrected chi connectivity index (χ2v) is 5.54. The molecule has 1 unspecified atom stereocenters. The van der Waals surface area contributed by atoms with Gasteiger partial charge >= 0.3 is 0 Å². The van der Waals surface area contributed by atoms with E-state index in [0.717, 1.165) is 33.5 Å². The maximum Gasteiger partial charge on any atom is 0.138 e. The third-order valence-electron chi connectivity index (χ3n) is 4.00. The summed E-state index contributed by atoms with van der Waals surface area (Å²) in [7, 11) is 0. The van der Waals surface area contributed by atoms with Crippen molar-refractivity contribution in [1.82, 2.24) is 9.97 Å². The Morgan fingerprint density at radius 3 is 2.13 bits per heavy atom. The van der Waals surface area contributed by atoms with Crippen LogP contribution < -0.4 is 0 Å². The molecule has 4 aromatic rings. The molecule has 3 heteroatoms. The Balaban J connectivity index is 1.65. The first-order valence-electron chi connectivity index (χ1n) is 7.59. The summed E-state index contributed by atoms with van der Waals surface area (Å²) in [6, 6.07) is 25.5. The molecule has 1 aromatic heterocycles. The molecular weight excluding hydrogens is 284 g/mol. The van der Waals surface area contributed by atoms with Crippen molar-refractivity contribution in [3.63, 3.8) is 0 Å². The first kappa shape index (κ1) is 13.7. The molecule has 0 spiro atoms. The highest BCUT2D eigenvalue weighted by atomic mass is 16.3. The molecule has 0 saturated heterocycles. The summed E-state index contributed by atoms with van der Waals surface area (Å²) in [5.74, 6) is 0.840. The number of nitrogens with one attached hydrogen (secondary N) is 1. The van der Waals surface area contributed by atoms with Gasteiger partial charge in [-0.25, -0.2) is 4.98 Å². The molecule has 0 amide bonds. The van der Waals surface area contributed by atoms with Crippen molar-refractivity contribution in [3.05, 3.63) is 90.0 Å². The molecule has 0 aliphatic heterocycles. The number of nitrogens with zero attached hydrogens (tertiary/aromatic N) is 1. The molecule has 0 aliphatic carbocycles. The van der Waals surface area contributed by atoms with Crippen molar-refractivity contribution in [2.75, 3.05) is 0 Å². The van der Waals surface area contributed by atoms with Gasteiger partial charge in [-0.05, 0) is 23.3 Å². The highest BCUT2D eigenvalue weighted by Crippen LogP contribution is 2.25. The summed E-state index contributed by atoms with van der Waals surface area (Å²) in [6.07, 6.45) is -0.610. The number of para-hydroxylation sites is 2. The molecule has 112 valence electrons. The van der Waals surface area contributed by atoms with E-state index in [1.165, 1.54) is 0 Å². The Morgan fingerprint density at radius 2 is 1.39 bits per heavy atom. The number of benzene rings is 3. The van der Waals surface area contributed by atoms with E-state index in [-0.39, 0.29) is 0 Å². The van der Waals surface area contributed by atoms with Crippen LogP contribution in [0.4, 0.5) is 0 Å². The second-order valence-electron chi connectivity index (χ2n) is 5.54. The van der Waals surface area contributed by atoms with E-state index in [1.807, 2.05) is 78.9 Å². The van der Waals surface area contributed by atoms with Gasteiger partial charge in [-0.2, -0.15) is 0 Å². The maximum atomic E-state index is 10.4. The normalized spacial score (nSPS) is 12.4. The number of aromatic nitrogens is 2. The SMILES string of the molecule is OC(c1ccccc1)c1ccc(-c2nc3ccccc3[nH]2)cc1. The van der Waals surface area contributed by atoms with E-state index in [9.17, 15) is 5.11 Å². The molecule has 0 bridgehead atoms. The fourth-order valence-corrected chi connectivity index (χ4v) is 2.74. The summed E-state index contributed by atoms with van der Waals surface area (Å²) in [5.41, 5.74) is 4.75. The van der Waals surface area contributed by atoms with E-state index >= 15 is 0 Å². The van der Waals surface area contributed by atoms with Crippen molar-refractivity contribution in [1.29, 1.82) is 0 Å². The number of fused-ring (bicyclic) bond motifs is 1. The fourth-order valence-electron chi connectivity index (χ4n) is 2.74. The van der Waals surface area contributed by atoms with Gasteiger partial charge in [0.2, 0.25) is 0 Å². The average Bonchev–Trinajstić information content (AvgIpc) is 3.06. The lowest BCUT2D eigenvalue weighted by Crippen LogP contribution is -1.99. The standard InChI is InChI=1S/C20H16N2O/c23-19(14-6-2-1-3-7-14)15-10-12-16(13-11-15)20-21-17-8-4-5-9-18(17)22-20/h1-13,19,23H,(H,21,22). The summed E-state index contributed by atoms with van der Waals surface area (Å²) in [4.78, 5) is 7.92. The predicted molar refractivity (Wildman–Crippen MR) is 92.0 cm³/mol. The van der Waals surface area contributed by atoms with E-state index in [2.05, 4.69) is 9.97 Å². The molecule has 3 nitrogen and oxygen atoms in total. The Morgan fingerprint density at radius 1 is 0.739 bits per heavy atom. The van der Waals surface area contributed by atoms with E-state index in [0.29, 0.717) is 0 Å². The van der Waals surface area contributed by atoms with Crippen LogP contribution in [-0.2, 0) is 0 Å². The molecule has 1 atom stereocenters. The third kappa shape index (κ3) is 2.62. The maximum absolute atomic E-state index is 10.4. The summed E-state index contributed by atoms with van der Waals surface area (Å²) in [6.45, 7) is 0. The molecule has 0 fully saturated rings. The molecular formula is C20H16N2O. The number of rotatable bonds is 3.